The molecule has 0 bridgehead atoms. The number of rotatable bonds is 12. The number of nitrogens with one attached hydrogen (secondary N) is 1. The largest absolute Gasteiger partial charge is 0.394 e. The number of aliphatic hydroxyl groups excluding tert-OH is 1. The summed E-state index contributed by atoms with van der Waals surface area (Å²) in [5, 5.41) is 10.8. The predicted octanol–water partition coefficient (Wildman–Crippen LogP) is -0.0305. The maximum absolute atomic E-state index is 12.0. The molecule has 0 saturated heterocycles. The van der Waals surface area contributed by atoms with Gasteiger partial charge in [-0.15, -0.1) is 0 Å². The van der Waals surface area contributed by atoms with Crippen molar-refractivity contribution in [3.8, 4) is 0 Å². The third-order valence-electron chi connectivity index (χ3n) is 2.74. The van der Waals surface area contributed by atoms with Crippen molar-refractivity contribution in [3.63, 3.8) is 0 Å². The van der Waals surface area contributed by atoms with Crippen molar-refractivity contribution in [2.24, 2.45) is 5.92 Å². The number of hydrogen-bond acceptors (Lipinski definition) is 6. The molecule has 7 nitrogen and oxygen atoms in total. The Labute approximate surface area is 127 Å². The summed E-state index contributed by atoms with van der Waals surface area (Å²) < 4.78 is 24.2. The highest BCUT2D eigenvalue weighted by molar-refractivity contribution is 7.88. The van der Waals surface area contributed by atoms with Crippen LogP contribution in [0, 0.1) is 12.8 Å². The van der Waals surface area contributed by atoms with Gasteiger partial charge in [-0.05, 0) is 12.8 Å². The lowest BCUT2D eigenvalue weighted by molar-refractivity contribution is -0.196. The first-order chi connectivity index (χ1) is 9.72. The van der Waals surface area contributed by atoms with Crippen LogP contribution in [-0.4, -0.2) is 63.0 Å². The summed E-state index contributed by atoms with van der Waals surface area (Å²) in [4.78, 5) is 17.5. The van der Waals surface area contributed by atoms with Gasteiger partial charge in [0.1, 0.15) is 6.04 Å². The van der Waals surface area contributed by atoms with Gasteiger partial charge in [0.15, 0.2) is 5.78 Å². The minimum atomic E-state index is -3.20. The van der Waals surface area contributed by atoms with Crippen molar-refractivity contribution in [2.45, 2.75) is 32.7 Å². The molecule has 0 spiro atoms. The predicted molar refractivity (Wildman–Crippen MR) is 80.8 cm³/mol. The molecule has 8 heteroatoms. The molecule has 0 aromatic heterocycles. The number of carbonyl (C=O) groups excluding carboxylic acids is 1. The molecule has 0 aromatic rings. The standard InChI is InChI=1S/C13H27N2O5S/c1-5-8-15(12(10-16)13(17)11(2)3)20-9-6-7-14-21(4,18)19/h11-12,14,16H,1,5-10H2,2-4H3. The van der Waals surface area contributed by atoms with E-state index < -0.39 is 16.1 Å². The second kappa shape index (κ2) is 10.2. The zero-order valence-electron chi connectivity index (χ0n) is 13.0. The summed E-state index contributed by atoms with van der Waals surface area (Å²) in [7, 11) is -3.20. The summed E-state index contributed by atoms with van der Waals surface area (Å²) in [6.07, 6.45) is 2.09. The summed E-state index contributed by atoms with van der Waals surface area (Å²) >= 11 is 0. The molecule has 0 aromatic carbocycles. The quantitative estimate of drug-likeness (QED) is 0.387. The molecule has 0 saturated carbocycles. The second-order valence-electron chi connectivity index (χ2n) is 5.10. The van der Waals surface area contributed by atoms with Gasteiger partial charge in [-0.2, -0.15) is 5.06 Å². The first-order valence-corrected chi connectivity index (χ1v) is 8.90. The van der Waals surface area contributed by atoms with Crippen molar-refractivity contribution in [2.75, 3.05) is 32.6 Å². The SMILES string of the molecule is [CH2]CCN(OCCCNS(C)(=O)=O)C(CO)C(=O)C(C)C. The average molecular weight is 323 g/mol. The van der Waals surface area contributed by atoms with Crippen LogP contribution in [0.4, 0.5) is 0 Å². The minimum Gasteiger partial charge on any atom is -0.394 e. The number of Topliss-reactive ketones (excluding diaryl/α,β-unsaturated/α-hetero) is 1. The number of ketones is 1. The number of sulfonamides is 1. The average Bonchev–Trinajstić information content (AvgIpc) is 2.37. The number of carbonyl (C=O) groups is 1. The highest BCUT2D eigenvalue weighted by atomic mass is 32.2. The van der Waals surface area contributed by atoms with Crippen molar-refractivity contribution < 1.29 is 23.2 Å². The van der Waals surface area contributed by atoms with Gasteiger partial charge in [-0.1, -0.05) is 20.8 Å². The molecular weight excluding hydrogens is 296 g/mol. The topological polar surface area (TPSA) is 95.9 Å². The molecule has 0 rings (SSSR count). The monoisotopic (exact) mass is 323 g/mol. The van der Waals surface area contributed by atoms with E-state index in [0.717, 1.165) is 6.26 Å². The molecular formula is C13H27N2O5S. The van der Waals surface area contributed by atoms with Gasteiger partial charge >= 0.3 is 0 Å². The summed E-state index contributed by atoms with van der Waals surface area (Å²) in [5.41, 5.74) is 0. The first kappa shape index (κ1) is 20.5. The molecule has 2 N–H and O–H groups in total. The third kappa shape index (κ3) is 9.15. The van der Waals surface area contributed by atoms with E-state index in [1.165, 1.54) is 5.06 Å². The summed E-state index contributed by atoms with van der Waals surface area (Å²) in [5.74, 6) is -0.301. The van der Waals surface area contributed by atoms with E-state index in [1.54, 1.807) is 13.8 Å². The summed E-state index contributed by atoms with van der Waals surface area (Å²) in [6, 6.07) is -0.713. The Kier molecular flexibility index (Phi) is 9.97. The van der Waals surface area contributed by atoms with Crippen LogP contribution < -0.4 is 4.72 Å². The van der Waals surface area contributed by atoms with Gasteiger partial charge in [-0.3, -0.25) is 9.63 Å². The fourth-order valence-corrected chi connectivity index (χ4v) is 2.20. The Morgan fingerprint density at radius 3 is 2.48 bits per heavy atom. The Bertz CT molecular complexity index is 397. The van der Waals surface area contributed by atoms with Crippen molar-refractivity contribution >= 4 is 15.8 Å². The van der Waals surface area contributed by atoms with Crippen molar-refractivity contribution in [3.05, 3.63) is 6.92 Å². The van der Waals surface area contributed by atoms with Crippen LogP contribution in [0.3, 0.4) is 0 Å². The first-order valence-electron chi connectivity index (χ1n) is 7.01. The number of hydrogen-bond donors (Lipinski definition) is 2. The molecule has 1 atom stereocenters. The fraction of sp³-hybridized carbons (Fsp3) is 0.846. The van der Waals surface area contributed by atoms with Crippen molar-refractivity contribution in [1.82, 2.24) is 9.79 Å². The van der Waals surface area contributed by atoms with E-state index in [9.17, 15) is 18.3 Å². The van der Waals surface area contributed by atoms with Gasteiger partial charge in [0.2, 0.25) is 10.0 Å². The van der Waals surface area contributed by atoms with Gasteiger partial charge in [0.05, 0.1) is 19.5 Å². The van der Waals surface area contributed by atoms with Crippen LogP contribution in [0.5, 0.6) is 0 Å². The maximum atomic E-state index is 12.0. The smallest absolute Gasteiger partial charge is 0.208 e. The Morgan fingerprint density at radius 1 is 1.43 bits per heavy atom. The number of hydroxylamine groups is 2. The molecule has 0 aliphatic carbocycles. The molecule has 21 heavy (non-hydrogen) atoms. The molecule has 125 valence electrons. The zero-order chi connectivity index (χ0) is 16.5. The number of nitrogens with zero attached hydrogens (tertiary/aromatic N) is 1. The maximum Gasteiger partial charge on any atom is 0.208 e. The molecule has 1 radical (unpaired) electrons. The van der Waals surface area contributed by atoms with E-state index in [0.29, 0.717) is 19.4 Å². The molecule has 0 fully saturated rings. The summed E-state index contributed by atoms with van der Waals surface area (Å²) in [6.45, 7) is 7.87. The van der Waals surface area contributed by atoms with E-state index >= 15 is 0 Å². The lowest BCUT2D eigenvalue weighted by Gasteiger charge is -2.29. The van der Waals surface area contributed by atoms with Gasteiger partial charge in [0.25, 0.3) is 0 Å². The van der Waals surface area contributed by atoms with Crippen LogP contribution in [0.2, 0.25) is 0 Å². The molecule has 1 unspecified atom stereocenters. The second-order valence-corrected chi connectivity index (χ2v) is 6.94. The molecule has 0 aliphatic rings. The molecule has 0 aliphatic heterocycles. The van der Waals surface area contributed by atoms with Crippen LogP contribution in [0.1, 0.15) is 26.7 Å². The lowest BCUT2D eigenvalue weighted by atomic mass is 10.0. The van der Waals surface area contributed by atoms with E-state index in [1.807, 2.05) is 0 Å². The highest BCUT2D eigenvalue weighted by Gasteiger charge is 2.27. The third-order valence-corrected chi connectivity index (χ3v) is 3.47. The molecule has 0 amide bonds. The zero-order valence-corrected chi connectivity index (χ0v) is 13.9. The van der Waals surface area contributed by atoms with Gasteiger partial charge in [0, 0.05) is 19.0 Å². The Morgan fingerprint density at radius 2 is 2.05 bits per heavy atom. The van der Waals surface area contributed by atoms with Crippen LogP contribution in [0.25, 0.3) is 0 Å². The van der Waals surface area contributed by atoms with Gasteiger partial charge < -0.3 is 5.11 Å². The van der Waals surface area contributed by atoms with Crippen molar-refractivity contribution in [1.29, 1.82) is 0 Å². The molecule has 0 heterocycles. The Hall–Kier alpha value is -0.540. The fourth-order valence-electron chi connectivity index (χ4n) is 1.69. The van der Waals surface area contributed by atoms with Gasteiger partial charge in [-0.25, -0.2) is 13.1 Å². The highest BCUT2D eigenvalue weighted by Crippen LogP contribution is 2.09. The Balaban J connectivity index is 4.37. The van der Waals surface area contributed by atoms with Crippen LogP contribution in [-0.2, 0) is 19.7 Å². The number of aliphatic hydroxyl groups is 1. The normalized spacial score (nSPS) is 13.9. The lowest BCUT2D eigenvalue weighted by Crippen LogP contribution is -2.46. The van der Waals surface area contributed by atoms with Crippen LogP contribution >= 0.6 is 0 Å². The van der Waals surface area contributed by atoms with Crippen LogP contribution in [0.15, 0.2) is 0 Å². The minimum absolute atomic E-state index is 0.0970. The van der Waals surface area contributed by atoms with E-state index in [4.69, 9.17) is 4.84 Å². The van der Waals surface area contributed by atoms with E-state index in [2.05, 4.69) is 11.6 Å². The van der Waals surface area contributed by atoms with E-state index in [-0.39, 0.29) is 31.5 Å².